The zero-order valence-electron chi connectivity index (χ0n) is 7.75. The number of rotatable bonds is 1. The van der Waals surface area contributed by atoms with Gasteiger partial charge in [-0.15, -0.1) is 0 Å². The van der Waals surface area contributed by atoms with Gasteiger partial charge in [0.1, 0.15) is 0 Å². The predicted octanol–water partition coefficient (Wildman–Crippen LogP) is 1.94. The van der Waals surface area contributed by atoms with Crippen molar-refractivity contribution in [3.8, 4) is 0 Å². The lowest BCUT2D eigenvalue weighted by Crippen LogP contribution is -2.43. The van der Waals surface area contributed by atoms with E-state index in [2.05, 4.69) is 11.8 Å². The summed E-state index contributed by atoms with van der Waals surface area (Å²) in [5.74, 6) is 0.413. The maximum absolute atomic E-state index is 11.6. The number of hydrogen-bond donors (Lipinski definition) is 0. The summed E-state index contributed by atoms with van der Waals surface area (Å²) in [7, 11) is 0. The van der Waals surface area contributed by atoms with Gasteiger partial charge >= 0.3 is 0 Å². The topological polar surface area (TPSA) is 20.3 Å². The summed E-state index contributed by atoms with van der Waals surface area (Å²) < 4.78 is 0. The monoisotopic (exact) mass is 167 g/mol. The molecule has 68 valence electrons. The SMILES string of the molecule is CC[C@H]1CC[C@H]2CCCC(=O)N21. The second-order valence-corrected chi connectivity index (χ2v) is 3.99. The number of carbonyl (C=O) groups excluding carboxylic acids is 1. The Hall–Kier alpha value is -0.530. The van der Waals surface area contributed by atoms with Gasteiger partial charge in [-0.05, 0) is 32.1 Å². The predicted molar refractivity (Wildman–Crippen MR) is 47.8 cm³/mol. The lowest BCUT2D eigenvalue weighted by molar-refractivity contribution is -0.136. The number of hydrogen-bond acceptors (Lipinski definition) is 1. The van der Waals surface area contributed by atoms with E-state index in [4.69, 9.17) is 0 Å². The van der Waals surface area contributed by atoms with Crippen LogP contribution in [0.1, 0.15) is 45.4 Å². The molecule has 2 atom stereocenters. The first-order valence-corrected chi connectivity index (χ1v) is 5.14. The molecule has 2 rings (SSSR count). The van der Waals surface area contributed by atoms with Gasteiger partial charge in [-0.2, -0.15) is 0 Å². The molecule has 0 aliphatic carbocycles. The lowest BCUT2D eigenvalue weighted by atomic mass is 10.0. The smallest absolute Gasteiger partial charge is 0.223 e. The molecule has 2 heterocycles. The summed E-state index contributed by atoms with van der Waals surface area (Å²) in [6.07, 6.45) is 6.81. The molecule has 2 aliphatic rings. The number of piperidine rings is 1. The van der Waals surface area contributed by atoms with Crippen LogP contribution in [0.3, 0.4) is 0 Å². The fourth-order valence-corrected chi connectivity index (χ4v) is 2.67. The summed E-state index contributed by atoms with van der Waals surface area (Å²) in [6.45, 7) is 2.19. The van der Waals surface area contributed by atoms with Crippen molar-refractivity contribution in [1.82, 2.24) is 4.90 Å². The highest BCUT2D eigenvalue weighted by atomic mass is 16.2. The van der Waals surface area contributed by atoms with Crippen LogP contribution in [0.15, 0.2) is 0 Å². The van der Waals surface area contributed by atoms with Crippen molar-refractivity contribution in [2.75, 3.05) is 0 Å². The molecule has 0 bridgehead atoms. The molecule has 2 fully saturated rings. The second kappa shape index (κ2) is 3.08. The average Bonchev–Trinajstić information content (AvgIpc) is 2.49. The summed E-state index contributed by atoms with van der Waals surface area (Å²) in [4.78, 5) is 13.7. The molecular formula is C10H17NO. The molecule has 2 saturated heterocycles. The van der Waals surface area contributed by atoms with Crippen molar-refractivity contribution in [1.29, 1.82) is 0 Å². The molecule has 0 saturated carbocycles. The molecule has 2 heteroatoms. The summed E-state index contributed by atoms with van der Waals surface area (Å²) in [6, 6.07) is 1.18. The van der Waals surface area contributed by atoms with E-state index < -0.39 is 0 Å². The van der Waals surface area contributed by atoms with Crippen molar-refractivity contribution >= 4 is 5.91 Å². The van der Waals surface area contributed by atoms with E-state index in [1.807, 2.05) is 0 Å². The fraction of sp³-hybridized carbons (Fsp3) is 0.900. The third-order valence-corrected chi connectivity index (χ3v) is 3.31. The standard InChI is InChI=1S/C10H17NO/c1-2-8-6-7-9-4-3-5-10(12)11(8)9/h8-9H,2-7H2,1H3/t8-,9+/m0/s1. The third kappa shape index (κ3) is 1.13. The van der Waals surface area contributed by atoms with Crippen molar-refractivity contribution in [2.45, 2.75) is 57.5 Å². The first-order valence-electron chi connectivity index (χ1n) is 5.14. The van der Waals surface area contributed by atoms with Crippen molar-refractivity contribution in [2.24, 2.45) is 0 Å². The first kappa shape index (κ1) is 8.09. The average molecular weight is 167 g/mol. The molecule has 0 aromatic heterocycles. The minimum atomic E-state index is 0.413. The second-order valence-electron chi connectivity index (χ2n) is 3.99. The minimum Gasteiger partial charge on any atom is -0.337 e. The van der Waals surface area contributed by atoms with Crippen LogP contribution in [0, 0.1) is 0 Å². The van der Waals surface area contributed by atoms with Crippen LogP contribution in [-0.2, 0) is 4.79 Å². The summed E-state index contributed by atoms with van der Waals surface area (Å²) in [5.41, 5.74) is 0. The van der Waals surface area contributed by atoms with Crippen LogP contribution in [0.2, 0.25) is 0 Å². The van der Waals surface area contributed by atoms with Gasteiger partial charge in [0.2, 0.25) is 5.91 Å². The Morgan fingerprint density at radius 3 is 3.00 bits per heavy atom. The van der Waals surface area contributed by atoms with Crippen LogP contribution in [0.4, 0.5) is 0 Å². The number of nitrogens with zero attached hydrogens (tertiary/aromatic N) is 1. The van der Waals surface area contributed by atoms with Gasteiger partial charge in [-0.3, -0.25) is 4.79 Å². The zero-order valence-corrected chi connectivity index (χ0v) is 7.75. The van der Waals surface area contributed by atoms with E-state index in [9.17, 15) is 4.79 Å². The van der Waals surface area contributed by atoms with E-state index in [0.29, 0.717) is 18.0 Å². The van der Waals surface area contributed by atoms with Crippen LogP contribution in [0.25, 0.3) is 0 Å². The Balaban J connectivity index is 2.11. The summed E-state index contributed by atoms with van der Waals surface area (Å²) in [5, 5.41) is 0. The Morgan fingerprint density at radius 2 is 2.25 bits per heavy atom. The zero-order chi connectivity index (χ0) is 8.55. The Morgan fingerprint density at radius 1 is 1.42 bits per heavy atom. The van der Waals surface area contributed by atoms with Crippen molar-refractivity contribution < 1.29 is 4.79 Å². The normalized spacial score (nSPS) is 35.4. The van der Waals surface area contributed by atoms with Gasteiger partial charge in [0.25, 0.3) is 0 Å². The van der Waals surface area contributed by atoms with Crippen molar-refractivity contribution in [3.05, 3.63) is 0 Å². The van der Waals surface area contributed by atoms with E-state index in [1.165, 1.54) is 19.3 Å². The molecule has 1 amide bonds. The van der Waals surface area contributed by atoms with E-state index in [1.54, 1.807) is 0 Å². The van der Waals surface area contributed by atoms with Crippen LogP contribution in [-0.4, -0.2) is 22.9 Å². The molecule has 0 aromatic rings. The largest absolute Gasteiger partial charge is 0.337 e. The van der Waals surface area contributed by atoms with Crippen LogP contribution < -0.4 is 0 Å². The molecular weight excluding hydrogens is 150 g/mol. The third-order valence-electron chi connectivity index (χ3n) is 3.31. The number of fused-ring (bicyclic) bond motifs is 1. The highest BCUT2D eigenvalue weighted by Crippen LogP contribution is 2.33. The van der Waals surface area contributed by atoms with Gasteiger partial charge in [-0.1, -0.05) is 6.92 Å². The highest BCUT2D eigenvalue weighted by molar-refractivity contribution is 5.78. The van der Waals surface area contributed by atoms with Gasteiger partial charge in [0.05, 0.1) is 0 Å². The van der Waals surface area contributed by atoms with E-state index in [0.717, 1.165) is 19.3 Å². The summed E-state index contributed by atoms with van der Waals surface area (Å²) >= 11 is 0. The van der Waals surface area contributed by atoms with E-state index >= 15 is 0 Å². The maximum atomic E-state index is 11.6. The van der Waals surface area contributed by atoms with Gasteiger partial charge < -0.3 is 4.90 Å². The molecule has 0 N–H and O–H groups in total. The molecule has 0 unspecified atom stereocenters. The molecule has 12 heavy (non-hydrogen) atoms. The Labute approximate surface area is 73.9 Å². The number of carbonyl (C=O) groups is 1. The molecule has 2 aliphatic heterocycles. The van der Waals surface area contributed by atoms with Gasteiger partial charge in [0.15, 0.2) is 0 Å². The quantitative estimate of drug-likeness (QED) is 0.584. The maximum Gasteiger partial charge on any atom is 0.223 e. The van der Waals surface area contributed by atoms with Crippen LogP contribution >= 0.6 is 0 Å². The van der Waals surface area contributed by atoms with Crippen molar-refractivity contribution in [3.63, 3.8) is 0 Å². The Kier molecular flexibility index (Phi) is 2.07. The molecule has 2 nitrogen and oxygen atoms in total. The molecule has 0 radical (unpaired) electrons. The lowest BCUT2D eigenvalue weighted by Gasteiger charge is -2.33. The van der Waals surface area contributed by atoms with Gasteiger partial charge in [-0.25, -0.2) is 0 Å². The first-order chi connectivity index (χ1) is 5.83. The fourth-order valence-electron chi connectivity index (χ4n) is 2.67. The number of amides is 1. The highest BCUT2D eigenvalue weighted by Gasteiger charge is 2.37. The van der Waals surface area contributed by atoms with Gasteiger partial charge in [0, 0.05) is 18.5 Å². The van der Waals surface area contributed by atoms with Crippen LogP contribution in [0.5, 0.6) is 0 Å². The minimum absolute atomic E-state index is 0.413. The molecule has 0 spiro atoms. The molecule has 0 aromatic carbocycles. The van der Waals surface area contributed by atoms with E-state index in [-0.39, 0.29) is 0 Å². The Bertz CT molecular complexity index is 184.